The molecule has 1 aromatic carbocycles. The Bertz CT molecular complexity index is 1330. The highest BCUT2D eigenvalue weighted by Crippen LogP contribution is 2.65. The minimum atomic E-state index is -4.53. The summed E-state index contributed by atoms with van der Waals surface area (Å²) in [5.74, 6) is -0.968. The second-order valence-corrected chi connectivity index (χ2v) is 10.6. The summed E-state index contributed by atoms with van der Waals surface area (Å²) in [6.45, 7) is 1.53. The van der Waals surface area contributed by atoms with E-state index in [1.165, 1.54) is 29.8 Å². The Morgan fingerprint density at radius 1 is 1.28 bits per heavy atom. The number of alkyl halides is 3. The van der Waals surface area contributed by atoms with Crippen LogP contribution in [0, 0.1) is 18.2 Å². The lowest BCUT2D eigenvalue weighted by atomic mass is 9.46. The molecule has 0 radical (unpaired) electrons. The molecule has 2 saturated carbocycles. The molecule has 0 bridgehead atoms. The zero-order chi connectivity index (χ0) is 26.0. The number of nitrogens with zero attached hydrogens (tertiary/aromatic N) is 4. The van der Waals surface area contributed by atoms with E-state index in [1.807, 2.05) is 0 Å². The molecule has 36 heavy (non-hydrogen) atoms. The summed E-state index contributed by atoms with van der Waals surface area (Å²) >= 11 is 5.80. The van der Waals surface area contributed by atoms with Crippen molar-refractivity contribution in [2.45, 2.75) is 56.8 Å². The Balaban J connectivity index is 1.23. The quantitative estimate of drug-likeness (QED) is 0.455. The van der Waals surface area contributed by atoms with Crippen molar-refractivity contribution in [2.24, 2.45) is 12.5 Å². The van der Waals surface area contributed by atoms with Crippen molar-refractivity contribution in [3.8, 4) is 0 Å². The first-order valence-corrected chi connectivity index (χ1v) is 11.8. The van der Waals surface area contributed by atoms with Gasteiger partial charge in [-0.2, -0.15) is 18.3 Å². The SMILES string of the molecule is Cc1cc(C(F)(F)F)nn1CC1(O)CC2(CC(c3ncn(C)c3C(=O)Nc3ccc(F)c(Cl)c3)C2)C1. The fraction of sp³-hybridized carbons (Fsp3) is 0.458. The average Bonchev–Trinajstić information content (AvgIpc) is 3.29. The molecule has 2 aliphatic rings. The zero-order valence-electron chi connectivity index (χ0n) is 19.5. The summed E-state index contributed by atoms with van der Waals surface area (Å²) in [7, 11) is 1.71. The van der Waals surface area contributed by atoms with Crippen molar-refractivity contribution in [3.63, 3.8) is 0 Å². The van der Waals surface area contributed by atoms with Crippen LogP contribution in [0.1, 0.15) is 59.2 Å². The van der Waals surface area contributed by atoms with Crippen molar-refractivity contribution < 1.29 is 27.5 Å². The summed E-state index contributed by atoms with van der Waals surface area (Å²) in [5, 5.41) is 17.2. The van der Waals surface area contributed by atoms with E-state index in [-0.39, 0.29) is 22.9 Å². The molecule has 2 heterocycles. The highest BCUT2D eigenvalue weighted by Gasteiger charge is 2.60. The van der Waals surface area contributed by atoms with Crippen molar-refractivity contribution in [1.82, 2.24) is 19.3 Å². The normalized spacial score (nSPS) is 25.5. The van der Waals surface area contributed by atoms with Gasteiger partial charge in [0.25, 0.3) is 5.91 Å². The van der Waals surface area contributed by atoms with Crippen LogP contribution in [0.25, 0.3) is 0 Å². The highest BCUT2D eigenvalue weighted by molar-refractivity contribution is 6.31. The molecular weight excluding hydrogens is 502 g/mol. The number of halogens is 5. The molecule has 5 rings (SSSR count). The van der Waals surface area contributed by atoms with Gasteiger partial charge in [-0.05, 0) is 62.3 Å². The molecule has 2 fully saturated rings. The summed E-state index contributed by atoms with van der Waals surface area (Å²) in [5.41, 5.74) is -0.506. The molecule has 0 aliphatic heterocycles. The second-order valence-electron chi connectivity index (χ2n) is 10.2. The number of imidazole rings is 1. The standard InChI is InChI=1S/C24H24ClF4N5O2/c1-13-5-18(24(27,28)29)32-34(13)11-23(36)9-22(10-23)7-14(8-22)19-20(33(2)12-30-19)21(35)31-15-3-4-17(26)16(25)6-15/h3-6,12,14,36H,7-11H2,1-2H3,(H,31,35). The van der Waals surface area contributed by atoms with Gasteiger partial charge in [-0.1, -0.05) is 11.6 Å². The fourth-order valence-corrected chi connectivity index (χ4v) is 5.98. The van der Waals surface area contributed by atoms with E-state index in [0.717, 1.165) is 6.07 Å². The summed E-state index contributed by atoms with van der Waals surface area (Å²) in [4.78, 5) is 17.4. The molecule has 2 N–H and O–H groups in total. The van der Waals surface area contributed by atoms with Gasteiger partial charge in [0, 0.05) is 24.3 Å². The number of hydrogen-bond acceptors (Lipinski definition) is 4. The maximum atomic E-state index is 13.4. The largest absolute Gasteiger partial charge is 0.435 e. The van der Waals surface area contributed by atoms with Crippen LogP contribution in [0.15, 0.2) is 30.6 Å². The maximum Gasteiger partial charge on any atom is 0.435 e. The Labute approximate surface area is 209 Å². The fourth-order valence-electron chi connectivity index (χ4n) is 5.80. The minimum absolute atomic E-state index is 0.00119. The molecule has 0 unspecified atom stereocenters. The lowest BCUT2D eigenvalue weighted by molar-refractivity contribution is -0.178. The van der Waals surface area contributed by atoms with Crippen molar-refractivity contribution in [3.05, 3.63) is 64.2 Å². The van der Waals surface area contributed by atoms with Gasteiger partial charge in [-0.15, -0.1) is 0 Å². The molecular formula is C24H24ClF4N5O2. The maximum absolute atomic E-state index is 13.4. The van der Waals surface area contributed by atoms with Crippen LogP contribution in [-0.4, -0.2) is 35.9 Å². The number of hydrogen-bond donors (Lipinski definition) is 2. The molecule has 1 amide bonds. The lowest BCUT2D eigenvalue weighted by Crippen LogP contribution is -2.59. The smallest absolute Gasteiger partial charge is 0.388 e. The minimum Gasteiger partial charge on any atom is -0.388 e. The van der Waals surface area contributed by atoms with Crippen molar-refractivity contribution >= 4 is 23.2 Å². The molecule has 7 nitrogen and oxygen atoms in total. The van der Waals surface area contributed by atoms with Crippen LogP contribution < -0.4 is 5.32 Å². The van der Waals surface area contributed by atoms with Gasteiger partial charge in [0.05, 0.1) is 29.2 Å². The zero-order valence-corrected chi connectivity index (χ0v) is 20.3. The van der Waals surface area contributed by atoms with E-state index in [4.69, 9.17) is 11.6 Å². The number of amides is 1. The Morgan fingerprint density at radius 3 is 2.58 bits per heavy atom. The number of anilines is 1. The van der Waals surface area contributed by atoms with Crippen LogP contribution in [0.3, 0.4) is 0 Å². The molecule has 192 valence electrons. The second kappa shape index (κ2) is 8.31. The van der Waals surface area contributed by atoms with E-state index >= 15 is 0 Å². The first-order chi connectivity index (χ1) is 16.8. The predicted octanol–water partition coefficient (Wildman–Crippen LogP) is 5.08. The lowest BCUT2D eigenvalue weighted by Gasteiger charge is -2.61. The van der Waals surface area contributed by atoms with Gasteiger partial charge < -0.3 is 15.0 Å². The van der Waals surface area contributed by atoms with Gasteiger partial charge in [0.1, 0.15) is 11.5 Å². The topological polar surface area (TPSA) is 85.0 Å². The highest BCUT2D eigenvalue weighted by atomic mass is 35.5. The molecule has 3 aromatic rings. The predicted molar refractivity (Wildman–Crippen MR) is 123 cm³/mol. The number of aromatic nitrogens is 4. The van der Waals surface area contributed by atoms with Gasteiger partial charge in [0.15, 0.2) is 5.69 Å². The molecule has 2 aromatic heterocycles. The number of nitrogens with one attached hydrogen (secondary N) is 1. The molecule has 0 atom stereocenters. The number of benzene rings is 1. The van der Waals surface area contributed by atoms with Crippen LogP contribution in [0.5, 0.6) is 0 Å². The number of carbonyl (C=O) groups is 1. The Hall–Kier alpha value is -2.92. The first kappa shape index (κ1) is 24.8. The van der Waals surface area contributed by atoms with Crippen LogP contribution in [0.4, 0.5) is 23.2 Å². The van der Waals surface area contributed by atoms with Crippen LogP contribution in [-0.2, 0) is 19.8 Å². The van der Waals surface area contributed by atoms with Gasteiger partial charge in [-0.3, -0.25) is 9.48 Å². The monoisotopic (exact) mass is 525 g/mol. The number of carbonyl (C=O) groups excluding carboxylic acids is 1. The molecule has 12 heteroatoms. The van der Waals surface area contributed by atoms with E-state index < -0.39 is 29.2 Å². The van der Waals surface area contributed by atoms with E-state index in [0.29, 0.717) is 48.5 Å². The van der Waals surface area contributed by atoms with Gasteiger partial charge in [-0.25, -0.2) is 9.37 Å². The van der Waals surface area contributed by atoms with Crippen LogP contribution >= 0.6 is 11.6 Å². The molecule has 0 saturated heterocycles. The van der Waals surface area contributed by atoms with Gasteiger partial charge >= 0.3 is 6.18 Å². The summed E-state index contributed by atoms with van der Waals surface area (Å²) in [6.07, 6.45) is -0.667. The van der Waals surface area contributed by atoms with E-state index in [9.17, 15) is 27.5 Å². The van der Waals surface area contributed by atoms with Crippen molar-refractivity contribution in [2.75, 3.05) is 5.32 Å². The first-order valence-electron chi connectivity index (χ1n) is 11.4. The van der Waals surface area contributed by atoms with E-state index in [2.05, 4.69) is 15.4 Å². The third-order valence-corrected chi connectivity index (χ3v) is 7.52. The van der Waals surface area contributed by atoms with Crippen LogP contribution in [0.2, 0.25) is 5.02 Å². The average molecular weight is 526 g/mol. The Morgan fingerprint density at radius 2 is 1.97 bits per heavy atom. The third kappa shape index (κ3) is 4.39. The third-order valence-electron chi connectivity index (χ3n) is 7.23. The molecule has 2 aliphatic carbocycles. The van der Waals surface area contributed by atoms with E-state index in [1.54, 1.807) is 17.9 Å². The molecule has 1 spiro atoms. The number of rotatable bonds is 5. The van der Waals surface area contributed by atoms with Gasteiger partial charge in [0.2, 0.25) is 0 Å². The number of aryl methyl sites for hydroxylation is 2. The van der Waals surface area contributed by atoms with Crippen molar-refractivity contribution in [1.29, 1.82) is 0 Å². The summed E-state index contributed by atoms with van der Waals surface area (Å²) < 4.78 is 55.1. The Kier molecular flexibility index (Phi) is 5.71. The summed E-state index contributed by atoms with van der Waals surface area (Å²) in [6, 6.07) is 4.90. The number of aliphatic hydroxyl groups is 1.